The van der Waals surface area contributed by atoms with E-state index in [4.69, 9.17) is 14.2 Å². The number of nitrogens with one attached hydrogen (secondary N) is 1. The third-order valence-electron chi connectivity index (χ3n) is 6.62. The van der Waals surface area contributed by atoms with Gasteiger partial charge in [-0.2, -0.15) is 0 Å². The summed E-state index contributed by atoms with van der Waals surface area (Å²) in [4.78, 5) is 44.6. The van der Waals surface area contributed by atoms with Crippen LogP contribution in [0.4, 0.5) is 0 Å². The van der Waals surface area contributed by atoms with Gasteiger partial charge >= 0.3 is 11.9 Å². The maximum Gasteiger partial charge on any atom is 0.336 e. The fourth-order valence-electron chi connectivity index (χ4n) is 5.06. The Hall–Kier alpha value is -3.94. The summed E-state index contributed by atoms with van der Waals surface area (Å²) < 4.78 is 16.0. The summed E-state index contributed by atoms with van der Waals surface area (Å²) in [6.07, 6.45) is 3.65. The molecule has 2 aromatic rings. The Kier molecular flexibility index (Phi) is 7.52. The molecule has 0 fully saturated rings. The maximum absolute atomic E-state index is 14.2. The lowest BCUT2D eigenvalue weighted by Gasteiger charge is -2.39. The number of carbonyl (C=O) groups is 3. The molecule has 1 N–H and O–H groups in total. The highest BCUT2D eigenvalue weighted by Gasteiger charge is 2.49. The van der Waals surface area contributed by atoms with E-state index in [1.165, 1.54) is 0 Å². The van der Waals surface area contributed by atoms with E-state index < -0.39 is 29.7 Å². The summed E-state index contributed by atoms with van der Waals surface area (Å²) in [6.45, 7) is 5.59. The summed E-state index contributed by atoms with van der Waals surface area (Å²) in [5.41, 5.74) is 3.50. The Bertz CT molecular complexity index is 1220. The number of dihydropyridines is 1. The first-order valence-corrected chi connectivity index (χ1v) is 12.0. The third-order valence-corrected chi connectivity index (χ3v) is 6.62. The SMILES string of the molecule is CCOC(=O)C1=C(C)NC2=C(C(=O)[C@H](C(=O)OCC)[C@H](c3ccc(OC)cc3)C2)[C@@H]1c1cccnc1. The molecule has 2 aliphatic rings. The van der Waals surface area contributed by atoms with Crippen molar-refractivity contribution in [1.29, 1.82) is 0 Å². The largest absolute Gasteiger partial charge is 0.497 e. The van der Waals surface area contributed by atoms with Gasteiger partial charge < -0.3 is 19.5 Å². The second kappa shape index (κ2) is 10.8. The van der Waals surface area contributed by atoms with Gasteiger partial charge in [0.05, 0.1) is 25.9 Å². The van der Waals surface area contributed by atoms with Crippen molar-refractivity contribution in [2.75, 3.05) is 20.3 Å². The number of methoxy groups -OCH3 is 1. The number of nitrogens with zero attached hydrogens (tertiary/aromatic N) is 1. The van der Waals surface area contributed by atoms with Crippen LogP contribution in [0.25, 0.3) is 0 Å². The first kappa shape index (κ1) is 25.2. The Morgan fingerprint density at radius 2 is 1.78 bits per heavy atom. The van der Waals surface area contributed by atoms with Gasteiger partial charge in [-0.1, -0.05) is 18.2 Å². The molecule has 1 aromatic heterocycles. The van der Waals surface area contributed by atoms with Crippen LogP contribution in [0, 0.1) is 5.92 Å². The molecule has 2 heterocycles. The molecular weight excluding hydrogens is 460 g/mol. The van der Waals surface area contributed by atoms with Crippen LogP contribution in [0.1, 0.15) is 50.2 Å². The summed E-state index contributed by atoms with van der Waals surface area (Å²) in [6, 6.07) is 10.9. The van der Waals surface area contributed by atoms with Crippen LogP contribution in [0.3, 0.4) is 0 Å². The molecule has 0 unspecified atom stereocenters. The molecular formula is C28H30N2O6. The molecule has 188 valence electrons. The molecule has 0 amide bonds. The lowest BCUT2D eigenvalue weighted by molar-refractivity contribution is -0.152. The second-order valence-corrected chi connectivity index (χ2v) is 8.67. The number of Topliss-reactive ketones (excluding diaryl/α,β-unsaturated/α-hetero) is 1. The maximum atomic E-state index is 14.2. The monoisotopic (exact) mass is 490 g/mol. The highest BCUT2D eigenvalue weighted by molar-refractivity contribution is 6.13. The summed E-state index contributed by atoms with van der Waals surface area (Å²) in [5.74, 6) is -3.00. The lowest BCUT2D eigenvalue weighted by Crippen LogP contribution is -2.43. The first-order chi connectivity index (χ1) is 17.4. The Morgan fingerprint density at radius 1 is 1.06 bits per heavy atom. The average molecular weight is 491 g/mol. The molecule has 1 aliphatic carbocycles. The molecule has 8 nitrogen and oxygen atoms in total. The van der Waals surface area contributed by atoms with Crippen molar-refractivity contribution >= 4 is 17.7 Å². The number of ether oxygens (including phenoxy) is 3. The van der Waals surface area contributed by atoms with Crippen molar-refractivity contribution in [3.8, 4) is 5.75 Å². The van der Waals surface area contributed by atoms with E-state index in [1.54, 1.807) is 46.3 Å². The average Bonchev–Trinajstić information content (AvgIpc) is 2.88. The molecule has 3 atom stereocenters. The summed E-state index contributed by atoms with van der Waals surface area (Å²) in [5, 5.41) is 3.29. The van der Waals surface area contributed by atoms with E-state index in [0.717, 1.165) is 5.56 Å². The van der Waals surface area contributed by atoms with Gasteiger partial charge in [0.2, 0.25) is 0 Å². The van der Waals surface area contributed by atoms with Gasteiger partial charge in [-0.3, -0.25) is 14.6 Å². The number of carbonyl (C=O) groups excluding carboxylic acids is 3. The molecule has 36 heavy (non-hydrogen) atoms. The zero-order chi connectivity index (χ0) is 25.8. The molecule has 1 aliphatic heterocycles. The molecule has 4 rings (SSSR count). The van der Waals surface area contributed by atoms with Gasteiger partial charge in [-0.15, -0.1) is 0 Å². The molecule has 0 saturated heterocycles. The molecule has 0 spiro atoms. The van der Waals surface area contributed by atoms with E-state index in [-0.39, 0.29) is 19.0 Å². The predicted octanol–water partition coefficient (Wildman–Crippen LogP) is 3.80. The molecule has 0 bridgehead atoms. The minimum Gasteiger partial charge on any atom is -0.497 e. The Labute approximate surface area is 210 Å². The minimum atomic E-state index is -1.06. The zero-order valence-corrected chi connectivity index (χ0v) is 20.9. The van der Waals surface area contributed by atoms with E-state index in [9.17, 15) is 14.4 Å². The highest BCUT2D eigenvalue weighted by Crippen LogP contribution is 2.48. The number of pyridine rings is 1. The Morgan fingerprint density at radius 3 is 2.39 bits per heavy atom. The van der Waals surface area contributed by atoms with E-state index in [0.29, 0.717) is 40.3 Å². The van der Waals surface area contributed by atoms with Gasteiger partial charge in [0.15, 0.2) is 5.78 Å². The number of hydrogen-bond acceptors (Lipinski definition) is 8. The molecule has 1 aromatic carbocycles. The van der Waals surface area contributed by atoms with Gasteiger partial charge in [0.1, 0.15) is 11.7 Å². The quantitative estimate of drug-likeness (QED) is 0.462. The minimum absolute atomic E-state index is 0.154. The van der Waals surface area contributed by atoms with Gasteiger partial charge in [-0.05, 0) is 56.5 Å². The van der Waals surface area contributed by atoms with Crippen molar-refractivity contribution in [3.63, 3.8) is 0 Å². The number of rotatable bonds is 7. The van der Waals surface area contributed by atoms with Crippen LogP contribution in [0.5, 0.6) is 5.75 Å². The van der Waals surface area contributed by atoms with Gasteiger partial charge in [0, 0.05) is 41.2 Å². The fraction of sp³-hybridized carbons (Fsp3) is 0.357. The highest BCUT2D eigenvalue weighted by atomic mass is 16.5. The number of allylic oxidation sites excluding steroid dienone is 3. The molecule has 0 radical (unpaired) electrons. The zero-order valence-electron chi connectivity index (χ0n) is 20.9. The number of aromatic nitrogens is 1. The Balaban J connectivity index is 1.87. The van der Waals surface area contributed by atoms with Crippen LogP contribution in [-0.2, 0) is 23.9 Å². The van der Waals surface area contributed by atoms with Crippen LogP contribution in [-0.4, -0.2) is 43.0 Å². The van der Waals surface area contributed by atoms with E-state index in [2.05, 4.69) is 10.3 Å². The van der Waals surface area contributed by atoms with Crippen molar-refractivity contribution in [1.82, 2.24) is 10.3 Å². The molecule has 8 heteroatoms. The van der Waals surface area contributed by atoms with Crippen LogP contribution < -0.4 is 10.1 Å². The fourth-order valence-corrected chi connectivity index (χ4v) is 5.06. The van der Waals surface area contributed by atoms with E-state index in [1.807, 2.05) is 30.3 Å². The van der Waals surface area contributed by atoms with Crippen molar-refractivity contribution in [2.45, 2.75) is 39.0 Å². The summed E-state index contributed by atoms with van der Waals surface area (Å²) >= 11 is 0. The topological polar surface area (TPSA) is 104 Å². The normalized spacial score (nSPS) is 21.4. The predicted molar refractivity (Wildman–Crippen MR) is 132 cm³/mol. The molecule has 0 saturated carbocycles. The van der Waals surface area contributed by atoms with Crippen LogP contribution in [0.2, 0.25) is 0 Å². The van der Waals surface area contributed by atoms with Crippen LogP contribution >= 0.6 is 0 Å². The second-order valence-electron chi connectivity index (χ2n) is 8.67. The first-order valence-electron chi connectivity index (χ1n) is 12.0. The number of benzene rings is 1. The number of ketones is 1. The van der Waals surface area contributed by atoms with Gasteiger partial charge in [-0.25, -0.2) is 4.79 Å². The number of esters is 2. The summed E-state index contributed by atoms with van der Waals surface area (Å²) in [7, 11) is 1.58. The lowest BCUT2D eigenvalue weighted by atomic mass is 9.67. The third kappa shape index (κ3) is 4.63. The van der Waals surface area contributed by atoms with E-state index >= 15 is 0 Å². The smallest absolute Gasteiger partial charge is 0.336 e. The number of hydrogen-bond donors (Lipinski definition) is 1. The van der Waals surface area contributed by atoms with Crippen molar-refractivity contribution in [3.05, 3.63) is 82.5 Å². The van der Waals surface area contributed by atoms with Crippen LogP contribution in [0.15, 0.2) is 71.3 Å². The van der Waals surface area contributed by atoms with Gasteiger partial charge in [0.25, 0.3) is 0 Å². The van der Waals surface area contributed by atoms with Crippen molar-refractivity contribution < 1.29 is 28.6 Å². The standard InChI is InChI=1S/C28H30N2O6/c1-5-35-27(32)22-16(3)30-21-14-20(17-9-11-19(34-4)12-10-17)24(28(33)36-6-2)26(31)25(21)23(22)18-8-7-13-29-15-18/h7-13,15,20,23-24,30H,5-6,14H2,1-4H3/t20-,23+,24+/m0/s1. The van der Waals surface area contributed by atoms with Crippen molar-refractivity contribution in [2.24, 2.45) is 5.92 Å².